The van der Waals surface area contributed by atoms with E-state index in [1.165, 1.54) is 19.2 Å². The third-order valence-electron chi connectivity index (χ3n) is 4.04. The van der Waals surface area contributed by atoms with Crippen LogP contribution in [0.15, 0.2) is 18.2 Å². The number of carbonyl (C=O) groups excluding carboxylic acids is 1. The van der Waals surface area contributed by atoms with Gasteiger partial charge >= 0.3 is 5.97 Å². The monoisotopic (exact) mass is 361 g/mol. The molecule has 140 valence electrons. The number of nitrogens with one attached hydrogen (secondary N) is 1. The van der Waals surface area contributed by atoms with Crippen molar-refractivity contribution >= 4 is 11.9 Å². The molecule has 2 aromatic rings. The van der Waals surface area contributed by atoms with E-state index in [0.29, 0.717) is 24.5 Å². The Balaban J connectivity index is 1.85. The minimum Gasteiger partial charge on any atom is -0.496 e. The number of ether oxygens (including phenoxy) is 2. The lowest BCUT2D eigenvalue weighted by atomic mass is 10.1. The van der Waals surface area contributed by atoms with Crippen LogP contribution in [0, 0.1) is 13.8 Å². The number of carboxylic acid groups (broad SMARTS) is 1. The molecular weight excluding hydrogens is 338 g/mol. The topological polar surface area (TPSA) is 103 Å². The van der Waals surface area contributed by atoms with Crippen LogP contribution in [0.25, 0.3) is 0 Å². The van der Waals surface area contributed by atoms with Crippen LogP contribution in [0.1, 0.15) is 27.3 Å². The van der Waals surface area contributed by atoms with Crippen LogP contribution < -0.4 is 14.8 Å². The minimum absolute atomic E-state index is 0.0948. The van der Waals surface area contributed by atoms with Crippen molar-refractivity contribution in [2.24, 2.45) is 7.05 Å². The third-order valence-corrected chi connectivity index (χ3v) is 4.04. The number of amides is 1. The van der Waals surface area contributed by atoms with Crippen LogP contribution >= 0.6 is 0 Å². The number of carbonyl (C=O) groups is 2. The molecule has 1 aromatic carbocycles. The van der Waals surface area contributed by atoms with Crippen molar-refractivity contribution in [3.8, 4) is 11.5 Å². The average molecular weight is 361 g/mol. The Bertz CT molecular complexity index is 813. The predicted octanol–water partition coefficient (Wildman–Crippen LogP) is 1.48. The summed E-state index contributed by atoms with van der Waals surface area (Å²) in [6, 6.07) is 4.67. The maximum absolute atomic E-state index is 12.0. The molecule has 0 bridgehead atoms. The molecule has 8 nitrogen and oxygen atoms in total. The SMILES string of the molecule is COc1cc(C(=O)O)ccc1CCNC(=O)COc1c(C)nn(C)c1C. The van der Waals surface area contributed by atoms with Crippen LogP contribution in [0.5, 0.6) is 11.5 Å². The Morgan fingerprint density at radius 1 is 1.31 bits per heavy atom. The summed E-state index contributed by atoms with van der Waals surface area (Å²) in [5.74, 6) is -0.152. The first-order chi connectivity index (χ1) is 12.3. The first kappa shape index (κ1) is 19.3. The number of hydrogen-bond acceptors (Lipinski definition) is 5. The van der Waals surface area contributed by atoms with Gasteiger partial charge in [-0.25, -0.2) is 4.79 Å². The Kier molecular flexibility index (Phi) is 6.21. The van der Waals surface area contributed by atoms with Crippen molar-refractivity contribution in [1.29, 1.82) is 0 Å². The highest BCUT2D eigenvalue weighted by molar-refractivity contribution is 5.88. The van der Waals surface area contributed by atoms with Crippen molar-refractivity contribution in [1.82, 2.24) is 15.1 Å². The van der Waals surface area contributed by atoms with Gasteiger partial charge in [0, 0.05) is 13.6 Å². The van der Waals surface area contributed by atoms with E-state index in [9.17, 15) is 9.59 Å². The fraction of sp³-hybridized carbons (Fsp3) is 0.389. The minimum atomic E-state index is -1.01. The van der Waals surface area contributed by atoms with Crippen LogP contribution in [-0.4, -0.2) is 47.0 Å². The average Bonchev–Trinajstić information content (AvgIpc) is 2.85. The molecule has 0 aliphatic heterocycles. The predicted molar refractivity (Wildman–Crippen MR) is 94.8 cm³/mol. The smallest absolute Gasteiger partial charge is 0.335 e. The maximum Gasteiger partial charge on any atom is 0.335 e. The normalized spacial score (nSPS) is 10.5. The molecule has 8 heteroatoms. The van der Waals surface area contributed by atoms with E-state index in [1.54, 1.807) is 10.7 Å². The Morgan fingerprint density at radius 3 is 2.62 bits per heavy atom. The molecule has 0 spiro atoms. The third kappa shape index (κ3) is 4.53. The lowest BCUT2D eigenvalue weighted by molar-refractivity contribution is -0.123. The van der Waals surface area contributed by atoms with Gasteiger partial charge in [0.05, 0.1) is 18.4 Å². The highest BCUT2D eigenvalue weighted by Crippen LogP contribution is 2.22. The number of benzene rings is 1. The van der Waals surface area contributed by atoms with Gasteiger partial charge in [-0.15, -0.1) is 0 Å². The molecule has 0 saturated heterocycles. The van der Waals surface area contributed by atoms with E-state index in [0.717, 1.165) is 17.0 Å². The van der Waals surface area contributed by atoms with Gasteiger partial charge in [0.15, 0.2) is 12.4 Å². The van der Waals surface area contributed by atoms with Crippen molar-refractivity contribution in [3.05, 3.63) is 40.7 Å². The standard InChI is InChI=1S/C18H23N3O5/c1-11-17(12(2)21(3)20-11)26-10-16(22)19-8-7-13-5-6-14(18(23)24)9-15(13)25-4/h5-6,9H,7-8,10H2,1-4H3,(H,19,22)(H,23,24). The summed E-state index contributed by atoms with van der Waals surface area (Å²) < 4.78 is 12.5. The summed E-state index contributed by atoms with van der Waals surface area (Å²) in [7, 11) is 3.30. The van der Waals surface area contributed by atoms with Crippen molar-refractivity contribution in [2.45, 2.75) is 20.3 Å². The molecule has 0 unspecified atom stereocenters. The number of aromatic carboxylic acids is 1. The van der Waals surface area contributed by atoms with Crippen molar-refractivity contribution in [2.75, 3.05) is 20.3 Å². The maximum atomic E-state index is 12.0. The molecule has 0 aliphatic rings. The number of carboxylic acids is 1. The molecule has 0 atom stereocenters. The van der Waals surface area contributed by atoms with Crippen LogP contribution in [-0.2, 0) is 18.3 Å². The van der Waals surface area contributed by atoms with E-state index in [-0.39, 0.29) is 18.1 Å². The van der Waals surface area contributed by atoms with Gasteiger partial charge < -0.3 is 19.9 Å². The lowest BCUT2D eigenvalue weighted by Crippen LogP contribution is -2.30. The van der Waals surface area contributed by atoms with Crippen molar-refractivity contribution < 1.29 is 24.2 Å². The van der Waals surface area contributed by atoms with Gasteiger partial charge in [0.1, 0.15) is 11.4 Å². The second kappa shape index (κ2) is 8.37. The number of methoxy groups -OCH3 is 1. The molecular formula is C18H23N3O5. The zero-order valence-electron chi connectivity index (χ0n) is 15.3. The first-order valence-corrected chi connectivity index (χ1v) is 8.13. The quantitative estimate of drug-likeness (QED) is 0.738. The highest BCUT2D eigenvalue weighted by atomic mass is 16.5. The molecule has 0 radical (unpaired) electrons. The summed E-state index contributed by atoms with van der Waals surface area (Å²) in [5.41, 5.74) is 2.57. The molecule has 1 amide bonds. The molecule has 2 N–H and O–H groups in total. The van der Waals surface area contributed by atoms with Crippen LogP contribution in [0.3, 0.4) is 0 Å². The van der Waals surface area contributed by atoms with Crippen molar-refractivity contribution in [3.63, 3.8) is 0 Å². The summed E-state index contributed by atoms with van der Waals surface area (Å²) in [6.45, 7) is 3.99. The fourth-order valence-corrected chi connectivity index (χ4v) is 2.57. The first-order valence-electron chi connectivity index (χ1n) is 8.13. The molecule has 1 aromatic heterocycles. The van der Waals surface area contributed by atoms with Crippen LogP contribution in [0.2, 0.25) is 0 Å². The second-order valence-electron chi connectivity index (χ2n) is 5.84. The van der Waals surface area contributed by atoms with E-state index in [4.69, 9.17) is 14.6 Å². The van der Waals surface area contributed by atoms with Gasteiger partial charge in [-0.05, 0) is 38.0 Å². The zero-order chi connectivity index (χ0) is 19.3. The van der Waals surface area contributed by atoms with Gasteiger partial charge in [-0.3, -0.25) is 9.48 Å². The molecule has 1 heterocycles. The van der Waals surface area contributed by atoms with Crippen LogP contribution in [0.4, 0.5) is 0 Å². The number of hydrogen-bond donors (Lipinski definition) is 2. The van der Waals surface area contributed by atoms with E-state index >= 15 is 0 Å². The molecule has 26 heavy (non-hydrogen) atoms. The second-order valence-corrected chi connectivity index (χ2v) is 5.84. The number of nitrogens with zero attached hydrogens (tertiary/aromatic N) is 2. The Labute approximate surface area is 151 Å². The lowest BCUT2D eigenvalue weighted by Gasteiger charge is -2.11. The zero-order valence-corrected chi connectivity index (χ0v) is 15.3. The number of rotatable bonds is 8. The van der Waals surface area contributed by atoms with E-state index in [2.05, 4.69) is 10.4 Å². The van der Waals surface area contributed by atoms with E-state index < -0.39 is 5.97 Å². The highest BCUT2D eigenvalue weighted by Gasteiger charge is 2.13. The summed E-state index contributed by atoms with van der Waals surface area (Å²) in [4.78, 5) is 23.0. The molecule has 0 fully saturated rings. The van der Waals surface area contributed by atoms with E-state index in [1.807, 2.05) is 20.9 Å². The molecule has 0 saturated carbocycles. The van der Waals surface area contributed by atoms with Gasteiger partial charge in [-0.2, -0.15) is 5.10 Å². The van der Waals surface area contributed by atoms with Gasteiger partial charge in [0.25, 0.3) is 5.91 Å². The summed E-state index contributed by atoms with van der Waals surface area (Å²) in [5, 5.41) is 16.0. The number of aromatic nitrogens is 2. The summed E-state index contributed by atoms with van der Waals surface area (Å²) in [6.07, 6.45) is 0.514. The number of aryl methyl sites for hydroxylation is 2. The van der Waals surface area contributed by atoms with Gasteiger partial charge in [0.2, 0.25) is 0 Å². The van der Waals surface area contributed by atoms with Gasteiger partial charge in [-0.1, -0.05) is 6.07 Å². The fourth-order valence-electron chi connectivity index (χ4n) is 2.57. The largest absolute Gasteiger partial charge is 0.496 e. The molecule has 2 rings (SSSR count). The Morgan fingerprint density at radius 2 is 2.04 bits per heavy atom. The summed E-state index contributed by atoms with van der Waals surface area (Å²) >= 11 is 0. The Hall–Kier alpha value is -3.03. The molecule has 0 aliphatic carbocycles.